The van der Waals surface area contributed by atoms with Gasteiger partial charge in [-0.3, -0.25) is 14.3 Å². The molecule has 1 aliphatic heterocycles. The zero-order valence-electron chi connectivity index (χ0n) is 35.8. The second kappa shape index (κ2) is 21.5. The fourth-order valence-corrected chi connectivity index (χ4v) is 9.16. The molecule has 2 N–H and O–H groups in total. The first-order valence-corrected chi connectivity index (χ1v) is 21.2. The Hall–Kier alpha value is -5.33. The van der Waals surface area contributed by atoms with Crippen LogP contribution in [0.3, 0.4) is 0 Å². The van der Waals surface area contributed by atoms with Crippen LogP contribution in [0.4, 0.5) is 4.79 Å². The Morgan fingerprint density at radius 2 is 1.61 bits per heavy atom. The number of aryl methyl sites for hydroxylation is 1. The minimum atomic E-state index is -1.84. The van der Waals surface area contributed by atoms with Gasteiger partial charge in [0.25, 0.3) is 14.1 Å². The zero-order chi connectivity index (χ0) is 44.2. The van der Waals surface area contributed by atoms with Gasteiger partial charge in [-0.1, -0.05) is 67.3 Å². The molecule has 1 fully saturated rings. The minimum Gasteiger partial charge on any atom is -0.497 e. The number of methoxy groups -OCH3 is 2. The van der Waals surface area contributed by atoms with Crippen molar-refractivity contribution in [2.24, 2.45) is 0 Å². The van der Waals surface area contributed by atoms with Gasteiger partial charge in [-0.15, -0.1) is 0 Å². The SMILES string of the molecule is C=CCOC(=O)NC[C@]1(n2cc(C)c(=O)[nH]c2=O)C[C@H](OP(OCCC#N)N(C(C)C)C(C)C)[C@@H](COC(c2ccccc2)(c2ccc(OC)cc2)c2ccc(OC)cc2)O1. The zero-order valence-corrected chi connectivity index (χ0v) is 36.7. The number of ether oxygens (including phenoxy) is 5. The monoisotopic (exact) mass is 857 g/mol. The number of carbonyl (C=O) groups excluding carboxylic acids is 1. The average molecular weight is 858 g/mol. The van der Waals surface area contributed by atoms with Crippen molar-refractivity contribution in [2.75, 3.05) is 40.6 Å². The summed E-state index contributed by atoms with van der Waals surface area (Å²) >= 11 is 0. The summed E-state index contributed by atoms with van der Waals surface area (Å²) in [5.74, 6) is 1.31. The molecule has 15 nitrogen and oxygen atoms in total. The van der Waals surface area contributed by atoms with Gasteiger partial charge in [-0.05, 0) is 75.6 Å². The highest BCUT2D eigenvalue weighted by atomic mass is 31.2. The topological polar surface area (TPSA) is 176 Å². The lowest BCUT2D eigenvalue weighted by Crippen LogP contribution is -2.51. The van der Waals surface area contributed by atoms with Crippen molar-refractivity contribution in [3.63, 3.8) is 0 Å². The fraction of sp³-hybridized carbons (Fsp3) is 0.422. The van der Waals surface area contributed by atoms with Crippen molar-refractivity contribution in [3.05, 3.63) is 141 Å². The molecule has 2 heterocycles. The van der Waals surface area contributed by atoms with E-state index >= 15 is 0 Å². The summed E-state index contributed by atoms with van der Waals surface area (Å²) in [7, 11) is 1.36. The van der Waals surface area contributed by atoms with Crippen molar-refractivity contribution in [1.82, 2.24) is 19.5 Å². The van der Waals surface area contributed by atoms with Crippen molar-refractivity contribution < 1.29 is 37.5 Å². The summed E-state index contributed by atoms with van der Waals surface area (Å²) in [5.41, 5.74) is -1.62. The second-order valence-electron chi connectivity index (χ2n) is 15.0. The van der Waals surface area contributed by atoms with Crippen molar-refractivity contribution in [1.29, 1.82) is 5.26 Å². The predicted octanol–water partition coefficient (Wildman–Crippen LogP) is 6.89. The number of hydrogen-bond acceptors (Lipinski definition) is 12. The first kappa shape index (κ1) is 46.7. The van der Waals surface area contributed by atoms with Gasteiger partial charge < -0.3 is 38.0 Å². The Labute approximate surface area is 358 Å². The Balaban J connectivity index is 1.70. The largest absolute Gasteiger partial charge is 0.497 e. The first-order chi connectivity index (χ1) is 29.3. The molecule has 1 aromatic heterocycles. The van der Waals surface area contributed by atoms with Crippen LogP contribution in [0.1, 0.15) is 62.8 Å². The highest BCUT2D eigenvalue weighted by Crippen LogP contribution is 2.51. The Morgan fingerprint density at radius 1 is 1.02 bits per heavy atom. The van der Waals surface area contributed by atoms with Crippen LogP contribution in [0.2, 0.25) is 0 Å². The number of nitrogens with one attached hydrogen (secondary N) is 2. The highest BCUT2D eigenvalue weighted by molar-refractivity contribution is 7.44. The number of benzene rings is 3. The van der Waals surface area contributed by atoms with Crippen LogP contribution in [-0.4, -0.2) is 85.2 Å². The van der Waals surface area contributed by atoms with Crippen LogP contribution >= 0.6 is 8.53 Å². The number of amides is 1. The number of H-pyrrole nitrogens is 1. The van der Waals surface area contributed by atoms with Crippen molar-refractivity contribution in [3.8, 4) is 17.6 Å². The molecule has 1 aliphatic rings. The van der Waals surface area contributed by atoms with E-state index in [1.165, 1.54) is 16.8 Å². The molecule has 0 spiro atoms. The van der Waals surface area contributed by atoms with E-state index in [-0.39, 0.29) is 56.9 Å². The molecule has 0 radical (unpaired) electrons. The van der Waals surface area contributed by atoms with Gasteiger partial charge >= 0.3 is 11.8 Å². The molecule has 61 heavy (non-hydrogen) atoms. The van der Waals surface area contributed by atoms with Crippen LogP contribution in [0.25, 0.3) is 0 Å². The van der Waals surface area contributed by atoms with E-state index in [4.69, 9.17) is 32.7 Å². The third-order valence-corrected chi connectivity index (χ3v) is 12.4. The van der Waals surface area contributed by atoms with Gasteiger partial charge in [0.05, 0.1) is 52.6 Å². The Kier molecular flexibility index (Phi) is 16.4. The van der Waals surface area contributed by atoms with Crippen molar-refractivity contribution in [2.45, 2.75) is 83.1 Å². The number of alkyl carbamates (subject to hydrolysis) is 1. The molecule has 5 rings (SSSR count). The summed E-state index contributed by atoms with van der Waals surface area (Å²) < 4.78 is 47.4. The number of nitrogens with zero attached hydrogens (tertiary/aromatic N) is 3. The van der Waals surface area contributed by atoms with Gasteiger partial charge in [0.2, 0.25) is 0 Å². The standard InChI is InChI=1S/C45H56N5O10P/c1-9-25-56-43(53)47-30-44(49-28-33(6)41(51)48-42(49)52)27-39(60-61(58-26-13-24-46)50(31(2)3)32(4)5)40(59-44)29-57-45(34-14-11-10-12-15-34,35-16-20-37(54-7)21-17-35)36-18-22-38(55-8)23-19-36/h9-12,14-23,28,31-32,39-40H,1,13,25-27,29-30H2,2-8H3,(H,47,53)(H,48,51,52)/t39-,40+,44-,61?/m0/s1. The molecule has 1 unspecified atom stereocenters. The Morgan fingerprint density at radius 3 is 2.15 bits per heavy atom. The minimum absolute atomic E-state index is 0.0119. The van der Waals surface area contributed by atoms with E-state index in [2.05, 4.69) is 27.6 Å². The Bertz CT molecular complexity index is 2150. The molecular weight excluding hydrogens is 801 g/mol. The van der Waals surface area contributed by atoms with E-state index in [1.807, 2.05) is 107 Å². The summed E-state index contributed by atoms with van der Waals surface area (Å²) in [5, 5.41) is 12.2. The molecule has 0 aliphatic carbocycles. The lowest BCUT2D eigenvalue weighted by molar-refractivity contribution is -0.138. The van der Waals surface area contributed by atoms with E-state index in [0.717, 1.165) is 16.7 Å². The maximum Gasteiger partial charge on any atom is 0.407 e. The van der Waals surface area contributed by atoms with E-state index < -0.39 is 49.4 Å². The number of carbonyl (C=O) groups is 1. The van der Waals surface area contributed by atoms with Crippen LogP contribution in [0.15, 0.2) is 107 Å². The summed E-state index contributed by atoms with van der Waals surface area (Å²) in [6.45, 7) is 13.0. The van der Waals surface area contributed by atoms with E-state index in [0.29, 0.717) is 11.5 Å². The van der Waals surface area contributed by atoms with E-state index in [1.54, 1.807) is 21.1 Å². The molecule has 1 amide bonds. The predicted molar refractivity (Wildman–Crippen MR) is 231 cm³/mol. The molecule has 0 saturated carbocycles. The van der Waals surface area contributed by atoms with Crippen molar-refractivity contribution >= 4 is 14.6 Å². The third-order valence-electron chi connectivity index (χ3n) is 10.2. The number of nitriles is 1. The molecule has 4 aromatic rings. The number of hydrogen-bond donors (Lipinski definition) is 2. The number of rotatable bonds is 21. The van der Waals surface area contributed by atoms with Crippen LogP contribution in [-0.2, 0) is 34.6 Å². The first-order valence-electron chi connectivity index (χ1n) is 20.1. The molecule has 3 aromatic carbocycles. The average Bonchev–Trinajstić information content (AvgIpc) is 3.61. The van der Waals surface area contributed by atoms with Crippen LogP contribution in [0.5, 0.6) is 11.5 Å². The maximum atomic E-state index is 13.8. The maximum absolute atomic E-state index is 13.8. The summed E-state index contributed by atoms with van der Waals surface area (Å²) in [4.78, 5) is 41.8. The smallest absolute Gasteiger partial charge is 0.407 e. The number of aromatic amines is 1. The van der Waals surface area contributed by atoms with Gasteiger partial charge in [0.15, 0.2) is 5.72 Å². The highest BCUT2D eigenvalue weighted by Gasteiger charge is 2.52. The van der Waals surface area contributed by atoms with Crippen LogP contribution < -0.4 is 26.0 Å². The molecule has 326 valence electrons. The van der Waals surface area contributed by atoms with Gasteiger partial charge in [-0.2, -0.15) is 5.26 Å². The third kappa shape index (κ3) is 11.0. The molecular formula is C45H56N5O10P. The lowest BCUT2D eigenvalue weighted by Gasteiger charge is -2.39. The fourth-order valence-electron chi connectivity index (χ4n) is 7.41. The summed E-state index contributed by atoms with van der Waals surface area (Å²) in [6.07, 6.45) is 0.404. The molecule has 0 bridgehead atoms. The van der Waals surface area contributed by atoms with Gasteiger partial charge in [0.1, 0.15) is 29.8 Å². The lowest BCUT2D eigenvalue weighted by atomic mass is 9.80. The summed E-state index contributed by atoms with van der Waals surface area (Å²) in [6, 6.07) is 27.1. The normalized spacial score (nSPS) is 18.2. The molecule has 16 heteroatoms. The van der Waals surface area contributed by atoms with Crippen LogP contribution in [0, 0.1) is 18.3 Å². The quantitative estimate of drug-likeness (QED) is 0.0385. The second-order valence-corrected chi connectivity index (χ2v) is 16.4. The van der Waals surface area contributed by atoms with Gasteiger partial charge in [0, 0.05) is 30.3 Å². The molecule has 1 saturated heterocycles. The van der Waals surface area contributed by atoms with Gasteiger partial charge in [-0.25, -0.2) is 14.3 Å². The number of aromatic nitrogens is 2. The molecule has 4 atom stereocenters. The van der Waals surface area contributed by atoms with E-state index in [9.17, 15) is 19.6 Å².